The summed E-state index contributed by atoms with van der Waals surface area (Å²) in [4.78, 5) is 22.2. The minimum absolute atomic E-state index is 0.0472. The number of hydrogen-bond donors (Lipinski definition) is 1. The number of ketones is 1. The second-order valence-corrected chi connectivity index (χ2v) is 4.36. The third kappa shape index (κ3) is 2.68. The molecule has 1 aromatic rings. The van der Waals surface area contributed by atoms with E-state index in [0.29, 0.717) is 17.0 Å². The number of rotatable bonds is 3. The zero-order valence-electron chi connectivity index (χ0n) is 8.80. The predicted octanol–water partition coefficient (Wildman–Crippen LogP) is 2.66. The van der Waals surface area contributed by atoms with E-state index in [1.807, 2.05) is 0 Å². The van der Waals surface area contributed by atoms with Crippen molar-refractivity contribution in [3.8, 4) is 0 Å². The van der Waals surface area contributed by atoms with Crippen molar-refractivity contribution in [2.24, 2.45) is 0 Å². The van der Waals surface area contributed by atoms with Gasteiger partial charge in [0.1, 0.15) is 0 Å². The summed E-state index contributed by atoms with van der Waals surface area (Å²) in [6.45, 7) is 0. The average molecular weight is 270 g/mol. The summed E-state index contributed by atoms with van der Waals surface area (Å²) in [7, 11) is 0. The second kappa shape index (κ2) is 4.90. The summed E-state index contributed by atoms with van der Waals surface area (Å²) in [5.74, 6) is -0.287. The molecule has 1 aliphatic heterocycles. The molecule has 1 N–H and O–H groups in total. The van der Waals surface area contributed by atoms with Crippen LogP contribution in [0.4, 0.5) is 5.69 Å². The molecule has 17 heavy (non-hydrogen) atoms. The lowest BCUT2D eigenvalue weighted by Crippen LogP contribution is -2.03. The lowest BCUT2D eigenvalue weighted by Gasteiger charge is -2.03. The van der Waals surface area contributed by atoms with E-state index < -0.39 is 0 Å². The van der Waals surface area contributed by atoms with Gasteiger partial charge in [0.2, 0.25) is 5.91 Å². The molecule has 1 aromatic carbocycles. The zero-order chi connectivity index (χ0) is 12.4. The van der Waals surface area contributed by atoms with Crippen molar-refractivity contribution in [2.45, 2.75) is 6.42 Å². The Balaban J connectivity index is 2.31. The molecule has 0 radical (unpaired) electrons. The van der Waals surface area contributed by atoms with Crippen LogP contribution in [0.5, 0.6) is 0 Å². The maximum Gasteiger partial charge on any atom is 0.228 e. The Morgan fingerprint density at radius 1 is 1.47 bits per heavy atom. The van der Waals surface area contributed by atoms with Gasteiger partial charge in [0.15, 0.2) is 5.78 Å². The summed E-state index contributed by atoms with van der Waals surface area (Å²) in [5, 5.41) is 3.20. The van der Waals surface area contributed by atoms with Crippen molar-refractivity contribution in [3.05, 3.63) is 34.4 Å². The monoisotopic (exact) mass is 269 g/mol. The molecule has 0 aliphatic carbocycles. The minimum Gasteiger partial charge on any atom is -0.325 e. The Labute approximate surface area is 108 Å². The first kappa shape index (κ1) is 12.1. The first-order valence-corrected chi connectivity index (χ1v) is 5.90. The van der Waals surface area contributed by atoms with Crippen LogP contribution in [-0.2, 0) is 16.0 Å². The molecule has 5 heteroatoms. The minimum atomic E-state index is -0.183. The topological polar surface area (TPSA) is 46.2 Å². The Morgan fingerprint density at radius 3 is 2.94 bits per heavy atom. The van der Waals surface area contributed by atoms with Gasteiger partial charge in [0.25, 0.3) is 0 Å². The molecule has 2 rings (SSSR count). The standard InChI is InChI=1S/C12H9Cl2NO2/c13-6-9(16)2-1-7-3-8-4-12(17)15-11(8)5-10(7)14/h1-3,5H,4,6H2,(H,15,17). The van der Waals surface area contributed by atoms with Crippen LogP contribution in [0.2, 0.25) is 5.02 Å². The lowest BCUT2D eigenvalue weighted by atomic mass is 10.1. The molecule has 88 valence electrons. The van der Waals surface area contributed by atoms with Crippen LogP contribution in [0.3, 0.4) is 0 Å². The molecular formula is C12H9Cl2NO2. The van der Waals surface area contributed by atoms with E-state index in [1.165, 1.54) is 6.08 Å². The van der Waals surface area contributed by atoms with Gasteiger partial charge in [-0.3, -0.25) is 9.59 Å². The maximum absolute atomic E-state index is 11.2. The Kier molecular flexibility index (Phi) is 3.50. The van der Waals surface area contributed by atoms with Crippen molar-refractivity contribution >= 4 is 46.7 Å². The van der Waals surface area contributed by atoms with Gasteiger partial charge in [0.05, 0.1) is 12.3 Å². The van der Waals surface area contributed by atoms with Crippen LogP contribution in [0.15, 0.2) is 18.2 Å². The first-order valence-electron chi connectivity index (χ1n) is 4.99. The van der Waals surface area contributed by atoms with Gasteiger partial charge in [-0.25, -0.2) is 0 Å². The Hall–Kier alpha value is -1.32. The third-order valence-corrected chi connectivity index (χ3v) is 3.02. The van der Waals surface area contributed by atoms with Crippen molar-refractivity contribution in [1.82, 2.24) is 0 Å². The molecule has 0 saturated heterocycles. The highest BCUT2D eigenvalue weighted by atomic mass is 35.5. The summed E-state index contributed by atoms with van der Waals surface area (Å²) in [5.41, 5.74) is 2.33. The number of anilines is 1. The van der Waals surface area contributed by atoms with Crippen LogP contribution in [0, 0.1) is 0 Å². The van der Waals surface area contributed by atoms with E-state index >= 15 is 0 Å². The quantitative estimate of drug-likeness (QED) is 0.678. The fourth-order valence-corrected chi connectivity index (χ4v) is 1.94. The number of carbonyl (C=O) groups excluding carboxylic acids is 2. The van der Waals surface area contributed by atoms with Gasteiger partial charge >= 0.3 is 0 Å². The van der Waals surface area contributed by atoms with E-state index in [0.717, 1.165) is 11.3 Å². The number of benzene rings is 1. The molecule has 3 nitrogen and oxygen atoms in total. The van der Waals surface area contributed by atoms with Gasteiger partial charge in [-0.2, -0.15) is 0 Å². The summed E-state index contributed by atoms with van der Waals surface area (Å²) in [6, 6.07) is 3.49. The number of nitrogens with one attached hydrogen (secondary N) is 1. The fourth-order valence-electron chi connectivity index (χ4n) is 1.62. The van der Waals surface area contributed by atoms with Crippen LogP contribution in [0.25, 0.3) is 6.08 Å². The highest BCUT2D eigenvalue weighted by Gasteiger charge is 2.18. The summed E-state index contributed by atoms with van der Waals surface area (Å²) in [6.07, 6.45) is 3.33. The molecule has 0 spiro atoms. The van der Waals surface area contributed by atoms with Gasteiger partial charge < -0.3 is 5.32 Å². The number of allylic oxidation sites excluding steroid dienone is 1. The SMILES string of the molecule is O=C(C=Cc1cc2c(cc1Cl)NC(=O)C2)CCl. The molecule has 1 amide bonds. The molecule has 0 saturated carbocycles. The molecule has 1 aliphatic rings. The largest absolute Gasteiger partial charge is 0.325 e. The number of carbonyl (C=O) groups is 2. The van der Waals surface area contributed by atoms with Gasteiger partial charge in [0, 0.05) is 10.7 Å². The number of halogens is 2. The van der Waals surface area contributed by atoms with E-state index in [-0.39, 0.29) is 17.6 Å². The van der Waals surface area contributed by atoms with E-state index in [1.54, 1.807) is 18.2 Å². The molecular weight excluding hydrogens is 261 g/mol. The highest BCUT2D eigenvalue weighted by Crippen LogP contribution is 2.30. The van der Waals surface area contributed by atoms with Crippen LogP contribution >= 0.6 is 23.2 Å². The predicted molar refractivity (Wildman–Crippen MR) is 68.5 cm³/mol. The molecule has 0 aromatic heterocycles. The van der Waals surface area contributed by atoms with Crippen molar-refractivity contribution in [2.75, 3.05) is 11.2 Å². The lowest BCUT2D eigenvalue weighted by molar-refractivity contribution is -0.115. The average Bonchev–Trinajstić information content (AvgIpc) is 2.64. The van der Waals surface area contributed by atoms with Gasteiger partial charge in [-0.05, 0) is 35.4 Å². The summed E-state index contributed by atoms with van der Waals surface area (Å²) >= 11 is 11.4. The van der Waals surface area contributed by atoms with Crippen LogP contribution < -0.4 is 5.32 Å². The Morgan fingerprint density at radius 2 is 2.24 bits per heavy atom. The molecule has 0 fully saturated rings. The molecule has 1 heterocycles. The zero-order valence-corrected chi connectivity index (χ0v) is 10.3. The van der Waals surface area contributed by atoms with Crippen molar-refractivity contribution in [3.63, 3.8) is 0 Å². The van der Waals surface area contributed by atoms with Crippen molar-refractivity contribution < 1.29 is 9.59 Å². The van der Waals surface area contributed by atoms with E-state index in [9.17, 15) is 9.59 Å². The molecule has 0 atom stereocenters. The Bertz CT molecular complexity index is 523. The maximum atomic E-state index is 11.2. The second-order valence-electron chi connectivity index (χ2n) is 3.69. The number of alkyl halides is 1. The van der Waals surface area contributed by atoms with Crippen LogP contribution in [-0.4, -0.2) is 17.6 Å². The molecule has 0 bridgehead atoms. The number of hydrogen-bond acceptors (Lipinski definition) is 2. The van der Waals surface area contributed by atoms with E-state index in [4.69, 9.17) is 23.2 Å². The summed E-state index contributed by atoms with van der Waals surface area (Å²) < 4.78 is 0. The highest BCUT2D eigenvalue weighted by molar-refractivity contribution is 6.33. The van der Waals surface area contributed by atoms with Gasteiger partial charge in [-0.15, -0.1) is 11.6 Å². The smallest absolute Gasteiger partial charge is 0.228 e. The van der Waals surface area contributed by atoms with Crippen LogP contribution in [0.1, 0.15) is 11.1 Å². The molecule has 0 unspecified atom stereocenters. The first-order chi connectivity index (χ1) is 8.10. The van der Waals surface area contributed by atoms with E-state index in [2.05, 4.69) is 5.32 Å². The number of fused-ring (bicyclic) bond motifs is 1. The van der Waals surface area contributed by atoms with Crippen molar-refractivity contribution in [1.29, 1.82) is 0 Å². The van der Waals surface area contributed by atoms with Gasteiger partial charge in [-0.1, -0.05) is 11.6 Å². The normalized spacial score (nSPS) is 13.9. The third-order valence-electron chi connectivity index (χ3n) is 2.43. The fraction of sp³-hybridized carbons (Fsp3) is 0.167. The number of amides is 1.